The number of carbonyl (C=O) groups excluding carboxylic acids is 3. The second-order valence-electron chi connectivity index (χ2n) is 4.40. The monoisotopic (exact) mass is 402 g/mol. The minimum atomic E-state index is -0.843. The van der Waals surface area contributed by atoms with Crippen molar-refractivity contribution < 1.29 is 28.2 Å². The Labute approximate surface area is 146 Å². The van der Waals surface area contributed by atoms with E-state index in [4.69, 9.17) is 4.74 Å². The van der Waals surface area contributed by atoms with E-state index in [1.165, 1.54) is 31.4 Å². The fraction of sp³-hybridized carbons (Fsp3) is 0.267. The third-order valence-corrected chi connectivity index (χ3v) is 3.04. The molecule has 0 aliphatic heterocycles. The lowest BCUT2D eigenvalue weighted by Crippen LogP contribution is -2.42. The highest BCUT2D eigenvalue weighted by Crippen LogP contribution is 2.16. The van der Waals surface area contributed by atoms with E-state index in [-0.39, 0.29) is 12.1 Å². The van der Waals surface area contributed by atoms with E-state index < -0.39 is 30.3 Å². The summed E-state index contributed by atoms with van der Waals surface area (Å²) >= 11 is 3.18. The number of imide groups is 1. The maximum absolute atomic E-state index is 13.5. The summed E-state index contributed by atoms with van der Waals surface area (Å²) in [5, 5.41) is 4.34. The molecule has 24 heavy (non-hydrogen) atoms. The van der Waals surface area contributed by atoms with Gasteiger partial charge in [0.25, 0.3) is 5.91 Å². The highest BCUT2D eigenvalue weighted by molar-refractivity contribution is 9.10. The van der Waals surface area contributed by atoms with Crippen LogP contribution in [0.4, 0.5) is 9.18 Å². The largest absolute Gasteiger partial charge is 0.452 e. The topological polar surface area (TPSA) is 93.7 Å². The minimum Gasteiger partial charge on any atom is -0.452 e. The van der Waals surface area contributed by atoms with Gasteiger partial charge in [-0.15, -0.1) is 0 Å². The summed E-state index contributed by atoms with van der Waals surface area (Å²) < 4.78 is 23.5. The molecule has 0 atom stereocenters. The Morgan fingerprint density at radius 3 is 2.79 bits per heavy atom. The Morgan fingerprint density at radius 2 is 2.08 bits per heavy atom. The molecule has 0 aliphatic rings. The summed E-state index contributed by atoms with van der Waals surface area (Å²) in [6.07, 6.45) is 2.20. The number of halogens is 2. The third kappa shape index (κ3) is 7.84. The SMILES string of the molecule is COCCNC(=O)NC(=O)COC(=O)/C=C/c1cc(Br)ccc1F. The first kappa shape index (κ1) is 19.8. The van der Waals surface area contributed by atoms with Crippen LogP contribution in [0.1, 0.15) is 5.56 Å². The number of rotatable bonds is 7. The van der Waals surface area contributed by atoms with Gasteiger partial charge in [-0.2, -0.15) is 0 Å². The summed E-state index contributed by atoms with van der Waals surface area (Å²) in [5.74, 6) is -2.14. The second kappa shape index (κ2) is 10.5. The molecule has 1 rings (SSSR count). The number of nitrogens with one attached hydrogen (secondary N) is 2. The summed E-state index contributed by atoms with van der Waals surface area (Å²) in [4.78, 5) is 34.1. The van der Waals surface area contributed by atoms with E-state index in [1.54, 1.807) is 0 Å². The lowest BCUT2D eigenvalue weighted by atomic mass is 10.2. The highest BCUT2D eigenvalue weighted by Gasteiger charge is 2.09. The third-order valence-electron chi connectivity index (χ3n) is 2.55. The standard InChI is InChI=1S/C15H16BrFN2O5/c1-23-7-6-18-15(22)19-13(20)9-24-14(21)5-2-10-8-11(16)3-4-12(10)17/h2-5,8H,6-7,9H2,1H3,(H2,18,19,20,22)/b5-2+. The maximum atomic E-state index is 13.5. The van der Waals surface area contributed by atoms with Crippen LogP contribution >= 0.6 is 15.9 Å². The molecule has 0 bridgehead atoms. The Morgan fingerprint density at radius 1 is 1.33 bits per heavy atom. The van der Waals surface area contributed by atoms with Crippen LogP contribution in [0, 0.1) is 5.82 Å². The molecule has 0 unspecified atom stereocenters. The predicted octanol–water partition coefficient (Wildman–Crippen LogP) is 1.62. The smallest absolute Gasteiger partial charge is 0.331 e. The van der Waals surface area contributed by atoms with E-state index in [2.05, 4.69) is 26.0 Å². The lowest BCUT2D eigenvalue weighted by molar-refractivity contribution is -0.143. The number of esters is 1. The first-order valence-corrected chi connectivity index (χ1v) is 7.58. The number of urea groups is 1. The molecule has 1 aromatic rings. The Balaban J connectivity index is 2.37. The summed E-state index contributed by atoms with van der Waals surface area (Å²) in [6, 6.07) is 3.52. The molecule has 0 fully saturated rings. The number of carbonyl (C=O) groups is 3. The molecule has 2 N–H and O–H groups in total. The van der Waals surface area contributed by atoms with Gasteiger partial charge in [0, 0.05) is 29.8 Å². The second-order valence-corrected chi connectivity index (χ2v) is 5.32. The van der Waals surface area contributed by atoms with Gasteiger partial charge in [0.05, 0.1) is 6.61 Å². The Kier molecular flexibility index (Phi) is 8.66. The molecule has 130 valence electrons. The average molecular weight is 403 g/mol. The van der Waals surface area contributed by atoms with Gasteiger partial charge in [-0.1, -0.05) is 15.9 Å². The maximum Gasteiger partial charge on any atom is 0.331 e. The molecule has 9 heteroatoms. The molecule has 0 aromatic heterocycles. The zero-order valence-electron chi connectivity index (χ0n) is 12.8. The van der Waals surface area contributed by atoms with Crippen molar-refractivity contribution in [1.29, 1.82) is 0 Å². The molecular formula is C15H16BrFN2O5. The molecule has 0 saturated heterocycles. The van der Waals surface area contributed by atoms with Crippen molar-refractivity contribution >= 4 is 39.9 Å². The van der Waals surface area contributed by atoms with Crippen molar-refractivity contribution in [1.82, 2.24) is 10.6 Å². The number of amides is 3. The highest BCUT2D eigenvalue weighted by atomic mass is 79.9. The van der Waals surface area contributed by atoms with Crippen molar-refractivity contribution in [3.8, 4) is 0 Å². The molecule has 0 aliphatic carbocycles. The van der Waals surface area contributed by atoms with Crippen molar-refractivity contribution in [2.75, 3.05) is 26.9 Å². The van der Waals surface area contributed by atoms with Crippen LogP contribution in [-0.2, 0) is 19.1 Å². The van der Waals surface area contributed by atoms with Crippen LogP contribution in [0.2, 0.25) is 0 Å². The van der Waals surface area contributed by atoms with E-state index >= 15 is 0 Å². The molecule has 1 aromatic carbocycles. The average Bonchev–Trinajstić information content (AvgIpc) is 2.54. The van der Waals surface area contributed by atoms with Crippen molar-refractivity contribution in [3.05, 3.63) is 40.1 Å². The van der Waals surface area contributed by atoms with Crippen LogP contribution in [-0.4, -0.2) is 44.8 Å². The van der Waals surface area contributed by atoms with Crippen LogP contribution in [0.15, 0.2) is 28.7 Å². The number of ether oxygens (including phenoxy) is 2. The predicted molar refractivity (Wildman–Crippen MR) is 87.5 cm³/mol. The van der Waals surface area contributed by atoms with Gasteiger partial charge in [0.15, 0.2) is 6.61 Å². The van der Waals surface area contributed by atoms with Crippen LogP contribution in [0.3, 0.4) is 0 Å². The van der Waals surface area contributed by atoms with E-state index in [1.807, 2.05) is 5.32 Å². The summed E-state index contributed by atoms with van der Waals surface area (Å²) in [7, 11) is 1.47. The summed E-state index contributed by atoms with van der Waals surface area (Å²) in [5.41, 5.74) is 0.184. The van der Waals surface area contributed by atoms with E-state index in [0.717, 1.165) is 6.08 Å². The summed E-state index contributed by atoms with van der Waals surface area (Å²) in [6.45, 7) is -0.105. The van der Waals surface area contributed by atoms with Gasteiger partial charge >= 0.3 is 12.0 Å². The first-order chi connectivity index (χ1) is 11.4. The molecule has 0 radical (unpaired) electrons. The van der Waals surface area contributed by atoms with Gasteiger partial charge in [-0.05, 0) is 24.3 Å². The minimum absolute atomic E-state index is 0.184. The van der Waals surface area contributed by atoms with Gasteiger partial charge in [0.1, 0.15) is 5.82 Å². The van der Waals surface area contributed by atoms with Gasteiger partial charge < -0.3 is 14.8 Å². The molecule has 0 saturated carbocycles. The number of benzene rings is 1. The zero-order valence-corrected chi connectivity index (χ0v) is 14.4. The fourth-order valence-corrected chi connectivity index (χ4v) is 1.84. The zero-order chi connectivity index (χ0) is 17.9. The number of hydrogen-bond donors (Lipinski definition) is 2. The fourth-order valence-electron chi connectivity index (χ4n) is 1.46. The van der Waals surface area contributed by atoms with Crippen LogP contribution < -0.4 is 10.6 Å². The van der Waals surface area contributed by atoms with Gasteiger partial charge in [-0.25, -0.2) is 14.0 Å². The Bertz CT molecular complexity index is 636. The van der Waals surface area contributed by atoms with E-state index in [9.17, 15) is 18.8 Å². The lowest BCUT2D eigenvalue weighted by Gasteiger charge is -2.06. The van der Waals surface area contributed by atoms with Crippen LogP contribution in [0.5, 0.6) is 0 Å². The molecule has 3 amide bonds. The molecule has 7 nitrogen and oxygen atoms in total. The van der Waals surface area contributed by atoms with Gasteiger partial charge in [-0.3, -0.25) is 10.1 Å². The van der Waals surface area contributed by atoms with Crippen molar-refractivity contribution in [2.24, 2.45) is 0 Å². The van der Waals surface area contributed by atoms with Crippen molar-refractivity contribution in [3.63, 3.8) is 0 Å². The molecular weight excluding hydrogens is 387 g/mol. The first-order valence-electron chi connectivity index (χ1n) is 6.79. The molecule has 0 spiro atoms. The Hall–Kier alpha value is -2.26. The van der Waals surface area contributed by atoms with Crippen molar-refractivity contribution in [2.45, 2.75) is 0 Å². The number of hydrogen-bond acceptors (Lipinski definition) is 5. The molecule has 0 heterocycles. The normalized spacial score (nSPS) is 10.5. The van der Waals surface area contributed by atoms with Crippen LogP contribution in [0.25, 0.3) is 6.08 Å². The number of methoxy groups -OCH3 is 1. The van der Waals surface area contributed by atoms with E-state index in [0.29, 0.717) is 11.1 Å². The van der Waals surface area contributed by atoms with Gasteiger partial charge in [0.2, 0.25) is 0 Å². The quantitative estimate of drug-likeness (QED) is 0.410.